The number of hydrogen-bond donors (Lipinski definition) is 1. The number of para-hydroxylation sites is 1. The van der Waals surface area contributed by atoms with Gasteiger partial charge in [0.05, 0.1) is 22.5 Å². The first-order chi connectivity index (χ1) is 13.5. The number of amides is 1. The summed E-state index contributed by atoms with van der Waals surface area (Å²) in [7, 11) is 0. The predicted molar refractivity (Wildman–Crippen MR) is 108 cm³/mol. The van der Waals surface area contributed by atoms with Gasteiger partial charge in [-0.15, -0.1) is 11.3 Å². The molecule has 7 heteroatoms. The van der Waals surface area contributed by atoms with Crippen LogP contribution in [0.1, 0.15) is 51.3 Å². The minimum atomic E-state index is -0.214. The fourth-order valence-electron chi connectivity index (χ4n) is 3.40. The molecule has 6 nitrogen and oxygen atoms in total. The predicted octanol–water partition coefficient (Wildman–Crippen LogP) is 4.70. The molecular formula is C21H23N3O3S. The molecule has 1 aliphatic carbocycles. The Morgan fingerprint density at radius 1 is 1.36 bits per heavy atom. The maximum atomic E-state index is 12.9. The summed E-state index contributed by atoms with van der Waals surface area (Å²) in [6.45, 7) is 6.28. The molecule has 1 atom stereocenters. The highest BCUT2D eigenvalue weighted by molar-refractivity contribution is 7.15. The monoisotopic (exact) mass is 397 g/mol. The van der Waals surface area contributed by atoms with E-state index >= 15 is 0 Å². The number of hydrogen-bond acceptors (Lipinski definition) is 6. The molecule has 28 heavy (non-hydrogen) atoms. The topological polar surface area (TPSA) is 77.2 Å². The molecule has 1 aromatic carbocycles. The summed E-state index contributed by atoms with van der Waals surface area (Å²) in [5.74, 6) is 1.71. The van der Waals surface area contributed by atoms with Gasteiger partial charge >= 0.3 is 0 Å². The SMILES string of the molecule is Cc1noc(C)c1COc1ccccc1C(=O)Nc1nc2c(s1)C[C@@H](C)CC2. The smallest absolute Gasteiger partial charge is 0.261 e. The number of nitrogens with one attached hydrogen (secondary N) is 1. The maximum absolute atomic E-state index is 12.9. The van der Waals surface area contributed by atoms with Gasteiger partial charge in [0.2, 0.25) is 0 Å². The lowest BCUT2D eigenvalue weighted by Crippen LogP contribution is -2.14. The molecule has 0 bridgehead atoms. The standard InChI is InChI=1S/C21H23N3O3S/c1-12-8-9-17-19(10-12)28-21(22-17)23-20(25)15-6-4-5-7-18(15)26-11-16-13(2)24-27-14(16)3/h4-7,12H,8-11H2,1-3H3,(H,22,23,25)/t12-/m0/s1. The van der Waals surface area contributed by atoms with Crippen LogP contribution in [0.3, 0.4) is 0 Å². The third-order valence-corrected chi connectivity index (χ3v) is 6.13. The molecule has 2 heterocycles. The molecule has 146 valence electrons. The Balaban J connectivity index is 1.49. The quantitative estimate of drug-likeness (QED) is 0.675. The van der Waals surface area contributed by atoms with E-state index in [1.54, 1.807) is 23.5 Å². The second kappa shape index (κ2) is 7.75. The zero-order chi connectivity index (χ0) is 19.7. The van der Waals surface area contributed by atoms with E-state index in [-0.39, 0.29) is 5.91 Å². The summed E-state index contributed by atoms with van der Waals surface area (Å²) in [6.07, 6.45) is 3.18. The zero-order valence-electron chi connectivity index (χ0n) is 16.2. The van der Waals surface area contributed by atoms with Crippen LogP contribution in [0.25, 0.3) is 0 Å². The number of rotatable bonds is 5. The van der Waals surface area contributed by atoms with Crippen LogP contribution < -0.4 is 10.1 Å². The molecule has 2 aromatic heterocycles. The Morgan fingerprint density at radius 3 is 2.96 bits per heavy atom. The van der Waals surface area contributed by atoms with Crippen molar-refractivity contribution in [3.8, 4) is 5.75 Å². The van der Waals surface area contributed by atoms with Crippen LogP contribution >= 0.6 is 11.3 Å². The van der Waals surface area contributed by atoms with Gasteiger partial charge in [-0.2, -0.15) is 0 Å². The van der Waals surface area contributed by atoms with E-state index in [4.69, 9.17) is 9.26 Å². The van der Waals surface area contributed by atoms with E-state index < -0.39 is 0 Å². The van der Waals surface area contributed by atoms with Gasteiger partial charge in [-0.05, 0) is 51.2 Å². The molecule has 1 amide bonds. The van der Waals surface area contributed by atoms with E-state index in [0.29, 0.717) is 29.0 Å². The number of ether oxygens (including phenoxy) is 1. The highest BCUT2D eigenvalue weighted by Crippen LogP contribution is 2.32. The summed E-state index contributed by atoms with van der Waals surface area (Å²) < 4.78 is 11.1. The zero-order valence-corrected chi connectivity index (χ0v) is 17.1. The van der Waals surface area contributed by atoms with Gasteiger partial charge in [0.15, 0.2) is 5.13 Å². The Bertz CT molecular complexity index is 989. The minimum absolute atomic E-state index is 0.214. The second-order valence-electron chi connectivity index (χ2n) is 7.28. The highest BCUT2D eigenvalue weighted by Gasteiger charge is 2.21. The van der Waals surface area contributed by atoms with Crippen molar-refractivity contribution in [1.82, 2.24) is 10.1 Å². The van der Waals surface area contributed by atoms with Crippen LogP contribution in [0.15, 0.2) is 28.8 Å². The van der Waals surface area contributed by atoms with Gasteiger partial charge in [-0.1, -0.05) is 24.2 Å². The summed E-state index contributed by atoms with van der Waals surface area (Å²) in [5, 5.41) is 7.54. The Hall–Kier alpha value is -2.67. The number of carbonyl (C=O) groups excluding carboxylic acids is 1. The summed E-state index contributed by atoms with van der Waals surface area (Å²) in [5.41, 5.74) is 3.30. The molecule has 0 unspecified atom stereocenters. The number of carbonyl (C=O) groups is 1. The molecule has 0 fully saturated rings. The highest BCUT2D eigenvalue weighted by atomic mass is 32.1. The molecule has 0 saturated heterocycles. The van der Waals surface area contributed by atoms with E-state index in [0.717, 1.165) is 42.0 Å². The Morgan fingerprint density at radius 2 is 2.18 bits per heavy atom. The number of aromatic nitrogens is 2. The Labute approximate surface area is 167 Å². The molecule has 1 N–H and O–H groups in total. The average Bonchev–Trinajstić information content (AvgIpc) is 3.22. The number of aryl methyl sites for hydroxylation is 3. The first-order valence-electron chi connectivity index (χ1n) is 9.44. The van der Waals surface area contributed by atoms with Gasteiger partial charge < -0.3 is 9.26 Å². The number of anilines is 1. The molecule has 0 aliphatic heterocycles. The van der Waals surface area contributed by atoms with Crippen LogP contribution in [-0.2, 0) is 19.4 Å². The lowest BCUT2D eigenvalue weighted by Gasteiger charge is -2.15. The van der Waals surface area contributed by atoms with Crippen LogP contribution in [0, 0.1) is 19.8 Å². The largest absolute Gasteiger partial charge is 0.488 e. The van der Waals surface area contributed by atoms with Crippen molar-refractivity contribution in [2.45, 2.75) is 46.6 Å². The summed E-state index contributed by atoms with van der Waals surface area (Å²) in [4.78, 5) is 18.8. The molecule has 3 aromatic rings. The van der Waals surface area contributed by atoms with Crippen LogP contribution in [0.5, 0.6) is 5.75 Å². The van der Waals surface area contributed by atoms with Crippen molar-refractivity contribution in [3.63, 3.8) is 0 Å². The molecule has 1 aliphatic rings. The van der Waals surface area contributed by atoms with E-state index in [9.17, 15) is 4.79 Å². The van der Waals surface area contributed by atoms with Crippen molar-refractivity contribution in [3.05, 3.63) is 57.4 Å². The van der Waals surface area contributed by atoms with Gasteiger partial charge in [0.25, 0.3) is 5.91 Å². The fourth-order valence-corrected chi connectivity index (χ4v) is 4.56. The van der Waals surface area contributed by atoms with E-state index in [2.05, 4.69) is 22.4 Å². The van der Waals surface area contributed by atoms with Gasteiger partial charge in [0, 0.05) is 4.88 Å². The number of fused-ring (bicyclic) bond motifs is 1. The molecular weight excluding hydrogens is 374 g/mol. The van der Waals surface area contributed by atoms with Crippen molar-refractivity contribution >= 4 is 22.4 Å². The third kappa shape index (κ3) is 3.80. The van der Waals surface area contributed by atoms with Crippen molar-refractivity contribution in [2.75, 3.05) is 5.32 Å². The van der Waals surface area contributed by atoms with Gasteiger partial charge in [-0.25, -0.2) is 4.98 Å². The summed E-state index contributed by atoms with van der Waals surface area (Å²) >= 11 is 1.58. The molecule has 0 radical (unpaired) electrons. The van der Waals surface area contributed by atoms with Crippen LogP contribution in [0.2, 0.25) is 0 Å². The molecule has 0 spiro atoms. The molecule has 4 rings (SSSR count). The number of benzene rings is 1. The second-order valence-corrected chi connectivity index (χ2v) is 8.36. The average molecular weight is 398 g/mol. The van der Waals surface area contributed by atoms with Crippen LogP contribution in [0.4, 0.5) is 5.13 Å². The number of thiazole rings is 1. The van der Waals surface area contributed by atoms with E-state index in [1.807, 2.05) is 26.0 Å². The van der Waals surface area contributed by atoms with Crippen molar-refractivity contribution in [2.24, 2.45) is 5.92 Å². The summed E-state index contributed by atoms with van der Waals surface area (Å²) in [6, 6.07) is 7.23. The van der Waals surface area contributed by atoms with Gasteiger partial charge in [0.1, 0.15) is 18.1 Å². The van der Waals surface area contributed by atoms with Crippen LogP contribution in [-0.4, -0.2) is 16.0 Å². The third-order valence-electron chi connectivity index (χ3n) is 5.09. The Kier molecular flexibility index (Phi) is 5.17. The first kappa shape index (κ1) is 18.7. The lowest BCUT2D eigenvalue weighted by atomic mass is 9.93. The lowest BCUT2D eigenvalue weighted by molar-refractivity contribution is 0.102. The van der Waals surface area contributed by atoms with Gasteiger partial charge in [-0.3, -0.25) is 10.1 Å². The van der Waals surface area contributed by atoms with E-state index in [1.165, 1.54) is 4.88 Å². The first-order valence-corrected chi connectivity index (χ1v) is 10.3. The normalized spacial score (nSPS) is 15.9. The minimum Gasteiger partial charge on any atom is -0.488 e. The fraction of sp³-hybridized carbons (Fsp3) is 0.381. The molecule has 0 saturated carbocycles. The van der Waals surface area contributed by atoms with Crippen molar-refractivity contribution in [1.29, 1.82) is 0 Å². The maximum Gasteiger partial charge on any atom is 0.261 e. The number of nitrogens with zero attached hydrogens (tertiary/aromatic N) is 2. The van der Waals surface area contributed by atoms with Crippen molar-refractivity contribution < 1.29 is 14.1 Å².